The number of ether oxygens (including phenoxy) is 2. The highest BCUT2D eigenvalue weighted by atomic mass is 16.5. The Balaban J connectivity index is 2.09. The Morgan fingerprint density at radius 1 is 1.36 bits per heavy atom. The zero-order valence-corrected chi connectivity index (χ0v) is 16.6. The molecular weight excluding hydrogens is 314 g/mol. The molecule has 0 fully saturated rings. The fourth-order valence-electron chi connectivity index (χ4n) is 3.22. The van der Waals surface area contributed by atoms with Crippen LogP contribution in [0.1, 0.15) is 52.6 Å². The predicted molar refractivity (Wildman–Crippen MR) is 103 cm³/mol. The summed E-state index contributed by atoms with van der Waals surface area (Å²) in [5, 5.41) is 6.96. The largest absolute Gasteiger partial charge is 0.487 e. The van der Waals surface area contributed by atoms with E-state index in [1.165, 1.54) is 5.56 Å². The molecule has 1 aliphatic rings. The van der Waals surface area contributed by atoms with Gasteiger partial charge in [-0.2, -0.15) is 0 Å². The molecule has 0 saturated carbocycles. The van der Waals surface area contributed by atoms with Crippen LogP contribution in [-0.2, 0) is 4.74 Å². The van der Waals surface area contributed by atoms with Crippen LogP contribution in [0, 0.1) is 5.41 Å². The van der Waals surface area contributed by atoms with Gasteiger partial charge in [0.25, 0.3) is 0 Å². The average molecular weight is 348 g/mol. The second-order valence-corrected chi connectivity index (χ2v) is 8.34. The number of nitrogens with zero attached hydrogens (tertiary/aromatic N) is 1. The molecule has 1 aromatic rings. The van der Waals surface area contributed by atoms with Crippen molar-refractivity contribution in [2.45, 2.75) is 58.8 Å². The van der Waals surface area contributed by atoms with Gasteiger partial charge in [-0.05, 0) is 25.3 Å². The topological polar surface area (TPSA) is 54.9 Å². The van der Waals surface area contributed by atoms with Crippen molar-refractivity contribution in [3.05, 3.63) is 29.8 Å². The number of para-hydroxylation sites is 1. The van der Waals surface area contributed by atoms with Crippen molar-refractivity contribution in [3.63, 3.8) is 0 Å². The van der Waals surface area contributed by atoms with Crippen molar-refractivity contribution >= 4 is 5.96 Å². The molecule has 1 heterocycles. The van der Waals surface area contributed by atoms with E-state index in [4.69, 9.17) is 9.47 Å². The maximum Gasteiger partial charge on any atom is 0.191 e. The number of fused-ring (bicyclic) bond motifs is 1. The Labute approximate surface area is 152 Å². The van der Waals surface area contributed by atoms with Gasteiger partial charge in [0.15, 0.2) is 5.96 Å². The molecule has 0 aliphatic carbocycles. The number of hydrogen-bond donors (Lipinski definition) is 2. The lowest BCUT2D eigenvalue weighted by atomic mass is 9.89. The van der Waals surface area contributed by atoms with Crippen molar-refractivity contribution in [2.75, 3.05) is 20.7 Å². The van der Waals surface area contributed by atoms with Gasteiger partial charge in [0.1, 0.15) is 11.4 Å². The highest BCUT2D eigenvalue weighted by Gasteiger charge is 2.34. The van der Waals surface area contributed by atoms with Crippen LogP contribution < -0.4 is 15.4 Å². The Morgan fingerprint density at radius 2 is 2.04 bits per heavy atom. The van der Waals surface area contributed by atoms with E-state index in [1.807, 2.05) is 18.2 Å². The molecule has 0 radical (unpaired) electrons. The first kappa shape index (κ1) is 19.6. The predicted octanol–water partition coefficient (Wildman–Crippen LogP) is 3.51. The quantitative estimate of drug-likeness (QED) is 0.646. The van der Waals surface area contributed by atoms with Gasteiger partial charge in [0.2, 0.25) is 0 Å². The van der Waals surface area contributed by atoms with Crippen LogP contribution in [0.3, 0.4) is 0 Å². The van der Waals surface area contributed by atoms with Crippen molar-refractivity contribution < 1.29 is 9.47 Å². The van der Waals surface area contributed by atoms with E-state index in [-0.39, 0.29) is 23.2 Å². The summed E-state index contributed by atoms with van der Waals surface area (Å²) in [5.41, 5.74) is 1.02. The summed E-state index contributed by atoms with van der Waals surface area (Å²) in [6, 6.07) is 8.36. The maximum atomic E-state index is 6.10. The lowest BCUT2D eigenvalue weighted by Crippen LogP contribution is -2.48. The molecule has 140 valence electrons. The number of nitrogens with one attached hydrogen (secondary N) is 2. The van der Waals surface area contributed by atoms with Gasteiger partial charge in [0, 0.05) is 32.7 Å². The normalized spacial score (nSPS) is 21.1. The van der Waals surface area contributed by atoms with E-state index in [0.29, 0.717) is 6.54 Å². The monoisotopic (exact) mass is 347 g/mol. The molecule has 2 atom stereocenters. The molecule has 0 bridgehead atoms. The molecule has 2 N–H and O–H groups in total. The fraction of sp³-hybridized carbons (Fsp3) is 0.650. The molecule has 0 aromatic heterocycles. The van der Waals surface area contributed by atoms with E-state index in [2.05, 4.69) is 56.3 Å². The zero-order valence-electron chi connectivity index (χ0n) is 16.6. The number of aliphatic imine (C=N–C) groups is 1. The first-order valence-electron chi connectivity index (χ1n) is 8.94. The molecule has 25 heavy (non-hydrogen) atoms. The van der Waals surface area contributed by atoms with Gasteiger partial charge in [0.05, 0.1) is 12.1 Å². The van der Waals surface area contributed by atoms with E-state index < -0.39 is 0 Å². The van der Waals surface area contributed by atoms with Crippen LogP contribution in [0.15, 0.2) is 29.3 Å². The highest BCUT2D eigenvalue weighted by Crippen LogP contribution is 2.39. The SMILES string of the molecule is CN=C(NCC(OC)C(C)(C)C)NC1CC(C)(C)Oc2ccccc21. The summed E-state index contributed by atoms with van der Waals surface area (Å²) in [6.45, 7) is 11.5. The Hall–Kier alpha value is -1.75. The molecular formula is C20H33N3O2. The van der Waals surface area contributed by atoms with Crippen LogP contribution in [0.2, 0.25) is 0 Å². The minimum absolute atomic E-state index is 0.0634. The van der Waals surface area contributed by atoms with Crippen molar-refractivity contribution in [3.8, 4) is 5.75 Å². The molecule has 0 saturated heterocycles. The van der Waals surface area contributed by atoms with Gasteiger partial charge in [-0.1, -0.05) is 39.0 Å². The standard InChI is InChI=1S/C20H33N3O2/c1-19(2,3)17(24-7)13-22-18(21-6)23-15-12-20(4,5)25-16-11-9-8-10-14(15)16/h8-11,15,17H,12-13H2,1-7H3,(H2,21,22,23). The molecule has 2 unspecified atom stereocenters. The molecule has 1 aromatic carbocycles. The second-order valence-electron chi connectivity index (χ2n) is 8.34. The Morgan fingerprint density at radius 3 is 2.64 bits per heavy atom. The number of rotatable bonds is 4. The molecule has 1 aliphatic heterocycles. The number of guanidine groups is 1. The first-order chi connectivity index (χ1) is 11.7. The minimum atomic E-state index is -0.217. The van der Waals surface area contributed by atoms with E-state index in [1.54, 1.807) is 14.2 Å². The maximum absolute atomic E-state index is 6.10. The summed E-state index contributed by atoms with van der Waals surface area (Å²) in [5.74, 6) is 1.72. The van der Waals surface area contributed by atoms with E-state index >= 15 is 0 Å². The number of hydrogen-bond acceptors (Lipinski definition) is 3. The number of benzene rings is 1. The van der Waals surface area contributed by atoms with Crippen LogP contribution in [0.4, 0.5) is 0 Å². The summed E-state index contributed by atoms with van der Waals surface area (Å²) >= 11 is 0. The molecule has 5 nitrogen and oxygen atoms in total. The average Bonchev–Trinajstić information content (AvgIpc) is 2.51. The summed E-state index contributed by atoms with van der Waals surface area (Å²) in [6.07, 6.45) is 0.974. The van der Waals surface area contributed by atoms with Crippen LogP contribution in [-0.4, -0.2) is 38.4 Å². The van der Waals surface area contributed by atoms with Gasteiger partial charge in [-0.25, -0.2) is 0 Å². The van der Waals surface area contributed by atoms with Crippen LogP contribution in [0.5, 0.6) is 5.75 Å². The van der Waals surface area contributed by atoms with Crippen molar-refractivity contribution in [1.29, 1.82) is 0 Å². The first-order valence-corrected chi connectivity index (χ1v) is 8.94. The van der Waals surface area contributed by atoms with Gasteiger partial charge >= 0.3 is 0 Å². The fourth-order valence-corrected chi connectivity index (χ4v) is 3.22. The minimum Gasteiger partial charge on any atom is -0.487 e. The molecule has 5 heteroatoms. The van der Waals surface area contributed by atoms with Crippen molar-refractivity contribution in [2.24, 2.45) is 10.4 Å². The van der Waals surface area contributed by atoms with E-state index in [9.17, 15) is 0 Å². The zero-order chi connectivity index (χ0) is 18.7. The van der Waals surface area contributed by atoms with E-state index in [0.717, 1.165) is 18.1 Å². The second kappa shape index (κ2) is 7.65. The highest BCUT2D eigenvalue weighted by molar-refractivity contribution is 5.80. The van der Waals surface area contributed by atoms with Crippen LogP contribution in [0.25, 0.3) is 0 Å². The van der Waals surface area contributed by atoms with Gasteiger partial charge in [-0.15, -0.1) is 0 Å². The van der Waals surface area contributed by atoms with Crippen molar-refractivity contribution in [1.82, 2.24) is 10.6 Å². The lowest BCUT2D eigenvalue weighted by Gasteiger charge is -2.38. The smallest absolute Gasteiger partial charge is 0.191 e. The molecule has 0 amide bonds. The lowest BCUT2D eigenvalue weighted by molar-refractivity contribution is 0.0204. The van der Waals surface area contributed by atoms with Gasteiger partial charge in [-0.3, -0.25) is 4.99 Å². The molecule has 2 rings (SSSR count). The third kappa shape index (κ3) is 5.11. The third-order valence-electron chi connectivity index (χ3n) is 4.62. The summed E-state index contributed by atoms with van der Waals surface area (Å²) in [4.78, 5) is 4.39. The summed E-state index contributed by atoms with van der Waals surface area (Å²) < 4.78 is 11.7. The molecule has 0 spiro atoms. The van der Waals surface area contributed by atoms with Crippen LogP contribution >= 0.6 is 0 Å². The third-order valence-corrected chi connectivity index (χ3v) is 4.62. The number of methoxy groups -OCH3 is 1. The summed E-state index contributed by atoms with van der Waals surface area (Å²) in [7, 11) is 3.55. The Bertz CT molecular complexity index is 605. The van der Waals surface area contributed by atoms with Gasteiger partial charge < -0.3 is 20.1 Å². The Kier molecular flexibility index (Phi) is 5.99.